The number of carbonyl (C=O) groups is 2. The first kappa shape index (κ1) is 21.1. The largest absolute Gasteiger partial charge is 0.343 e. The summed E-state index contributed by atoms with van der Waals surface area (Å²) in [6, 6.07) is 16.7. The van der Waals surface area contributed by atoms with E-state index in [1.807, 2.05) is 43.0 Å². The highest BCUT2D eigenvalue weighted by Gasteiger charge is 2.24. The van der Waals surface area contributed by atoms with Gasteiger partial charge in [-0.1, -0.05) is 42.5 Å². The Kier molecular flexibility index (Phi) is 7.08. The molecule has 0 aliphatic carbocycles. The molecular weight excluding hydrogens is 360 g/mol. The van der Waals surface area contributed by atoms with Crippen LogP contribution in [0.25, 0.3) is 0 Å². The number of hydrogen-bond acceptors (Lipinski definition) is 2. The number of hydrogen-bond donors (Lipinski definition) is 0. The molecule has 1 aliphatic rings. The van der Waals surface area contributed by atoms with Crippen LogP contribution in [-0.4, -0.2) is 36.3 Å². The minimum absolute atomic E-state index is 0.0203. The Morgan fingerprint density at radius 2 is 1.72 bits per heavy atom. The van der Waals surface area contributed by atoms with Crippen molar-refractivity contribution in [3.8, 4) is 0 Å². The average Bonchev–Trinajstić information content (AvgIpc) is 2.71. The van der Waals surface area contributed by atoms with Gasteiger partial charge in [-0.3, -0.25) is 9.59 Å². The van der Waals surface area contributed by atoms with Gasteiger partial charge in [0.25, 0.3) is 0 Å². The standard InChI is InChI=1S/C25H32N2O2/c1-19-9-10-20(2)24(17-19)27(21(3)28)16-13-25(29)26-14-11-23(12-15-26)18-22-7-5-4-6-8-22/h4-10,17,23H,11-16,18H2,1-3H3. The fraction of sp³-hybridized carbons (Fsp3) is 0.440. The molecule has 2 aromatic rings. The summed E-state index contributed by atoms with van der Waals surface area (Å²) < 4.78 is 0. The lowest BCUT2D eigenvalue weighted by molar-refractivity contribution is -0.132. The van der Waals surface area contributed by atoms with Crippen molar-refractivity contribution in [2.75, 3.05) is 24.5 Å². The Morgan fingerprint density at radius 1 is 1.03 bits per heavy atom. The summed E-state index contributed by atoms with van der Waals surface area (Å²) in [5.41, 5.74) is 4.46. The molecule has 1 heterocycles. The van der Waals surface area contributed by atoms with Crippen LogP contribution < -0.4 is 4.90 Å². The van der Waals surface area contributed by atoms with Crippen molar-refractivity contribution in [2.24, 2.45) is 5.92 Å². The Bertz CT molecular complexity index is 839. The predicted octanol–water partition coefficient (Wildman–Crippen LogP) is 4.53. The molecule has 0 aromatic heterocycles. The lowest BCUT2D eigenvalue weighted by Gasteiger charge is -2.33. The fourth-order valence-corrected chi connectivity index (χ4v) is 4.16. The molecule has 29 heavy (non-hydrogen) atoms. The molecule has 1 fully saturated rings. The summed E-state index contributed by atoms with van der Waals surface area (Å²) in [5.74, 6) is 0.776. The third-order valence-electron chi connectivity index (χ3n) is 5.92. The van der Waals surface area contributed by atoms with Gasteiger partial charge >= 0.3 is 0 Å². The normalized spacial score (nSPS) is 14.7. The predicted molar refractivity (Wildman–Crippen MR) is 118 cm³/mol. The molecule has 1 aliphatic heterocycles. The number of nitrogens with zero attached hydrogens (tertiary/aromatic N) is 2. The zero-order chi connectivity index (χ0) is 20.8. The molecule has 1 saturated heterocycles. The number of amides is 2. The first-order chi connectivity index (χ1) is 13.9. The average molecular weight is 393 g/mol. The van der Waals surface area contributed by atoms with E-state index in [4.69, 9.17) is 0 Å². The summed E-state index contributed by atoms with van der Waals surface area (Å²) in [4.78, 5) is 28.7. The minimum atomic E-state index is -0.0203. The van der Waals surface area contributed by atoms with E-state index in [1.54, 1.807) is 11.8 Å². The molecule has 3 rings (SSSR count). The number of benzene rings is 2. The monoisotopic (exact) mass is 392 g/mol. The summed E-state index contributed by atoms with van der Waals surface area (Å²) in [5, 5.41) is 0. The van der Waals surface area contributed by atoms with Crippen LogP contribution in [0.1, 0.15) is 42.9 Å². The van der Waals surface area contributed by atoms with Crippen LogP contribution >= 0.6 is 0 Å². The molecule has 4 heteroatoms. The van der Waals surface area contributed by atoms with E-state index in [9.17, 15) is 9.59 Å². The van der Waals surface area contributed by atoms with Crippen LogP contribution in [-0.2, 0) is 16.0 Å². The van der Waals surface area contributed by atoms with E-state index < -0.39 is 0 Å². The Hall–Kier alpha value is -2.62. The van der Waals surface area contributed by atoms with Gasteiger partial charge in [-0.2, -0.15) is 0 Å². The van der Waals surface area contributed by atoms with E-state index >= 15 is 0 Å². The van der Waals surface area contributed by atoms with Crippen molar-refractivity contribution in [2.45, 2.75) is 46.5 Å². The number of carbonyl (C=O) groups excluding carboxylic acids is 2. The van der Waals surface area contributed by atoms with Gasteiger partial charge in [0.1, 0.15) is 0 Å². The van der Waals surface area contributed by atoms with Gasteiger partial charge in [0.15, 0.2) is 0 Å². The van der Waals surface area contributed by atoms with Crippen molar-refractivity contribution in [1.82, 2.24) is 4.90 Å². The number of piperidine rings is 1. The van der Waals surface area contributed by atoms with Crippen molar-refractivity contribution in [3.05, 3.63) is 65.2 Å². The summed E-state index contributed by atoms with van der Waals surface area (Å²) in [6.07, 6.45) is 3.56. The highest BCUT2D eigenvalue weighted by Crippen LogP contribution is 2.24. The number of aryl methyl sites for hydroxylation is 2. The second-order valence-electron chi connectivity index (χ2n) is 8.22. The van der Waals surface area contributed by atoms with Crippen LogP contribution in [0.3, 0.4) is 0 Å². The quantitative estimate of drug-likeness (QED) is 0.725. The van der Waals surface area contributed by atoms with Crippen LogP contribution in [0.4, 0.5) is 5.69 Å². The zero-order valence-corrected chi connectivity index (χ0v) is 17.9. The van der Waals surface area contributed by atoms with E-state index in [0.29, 0.717) is 18.9 Å². The molecule has 154 valence electrons. The van der Waals surface area contributed by atoms with Crippen molar-refractivity contribution < 1.29 is 9.59 Å². The number of rotatable bonds is 6. The van der Waals surface area contributed by atoms with E-state index in [0.717, 1.165) is 49.2 Å². The first-order valence-corrected chi connectivity index (χ1v) is 10.6. The molecule has 4 nitrogen and oxygen atoms in total. The Morgan fingerprint density at radius 3 is 2.38 bits per heavy atom. The van der Waals surface area contributed by atoms with Crippen LogP contribution in [0.2, 0.25) is 0 Å². The maximum Gasteiger partial charge on any atom is 0.224 e. The van der Waals surface area contributed by atoms with Crippen molar-refractivity contribution in [3.63, 3.8) is 0 Å². The first-order valence-electron chi connectivity index (χ1n) is 10.6. The maximum atomic E-state index is 12.8. The van der Waals surface area contributed by atoms with Crippen molar-refractivity contribution in [1.29, 1.82) is 0 Å². The van der Waals surface area contributed by atoms with Gasteiger partial charge < -0.3 is 9.80 Å². The lowest BCUT2D eigenvalue weighted by atomic mass is 9.90. The van der Waals surface area contributed by atoms with E-state index in [2.05, 4.69) is 24.3 Å². The third-order valence-corrected chi connectivity index (χ3v) is 5.92. The van der Waals surface area contributed by atoms with Gasteiger partial charge in [-0.25, -0.2) is 0 Å². The van der Waals surface area contributed by atoms with E-state index in [1.165, 1.54) is 5.56 Å². The van der Waals surface area contributed by atoms with Crippen LogP contribution in [0.15, 0.2) is 48.5 Å². The lowest BCUT2D eigenvalue weighted by Crippen LogP contribution is -2.41. The second kappa shape index (κ2) is 9.73. The van der Waals surface area contributed by atoms with Gasteiger partial charge in [0.05, 0.1) is 0 Å². The molecular formula is C25H32N2O2. The molecule has 0 spiro atoms. The SMILES string of the molecule is CC(=O)N(CCC(=O)N1CCC(Cc2ccccc2)CC1)c1cc(C)ccc1C. The molecule has 0 N–H and O–H groups in total. The van der Waals surface area contributed by atoms with Crippen molar-refractivity contribution >= 4 is 17.5 Å². The van der Waals surface area contributed by atoms with Crippen LogP contribution in [0, 0.1) is 19.8 Å². The molecule has 0 unspecified atom stereocenters. The summed E-state index contributed by atoms with van der Waals surface area (Å²) in [7, 11) is 0. The molecule has 0 bridgehead atoms. The van der Waals surface area contributed by atoms with Crippen LogP contribution in [0.5, 0.6) is 0 Å². The smallest absolute Gasteiger partial charge is 0.224 e. The summed E-state index contributed by atoms with van der Waals surface area (Å²) in [6.45, 7) is 7.67. The minimum Gasteiger partial charge on any atom is -0.343 e. The van der Waals surface area contributed by atoms with Gasteiger partial charge in [-0.15, -0.1) is 0 Å². The third kappa shape index (κ3) is 5.69. The second-order valence-corrected chi connectivity index (χ2v) is 8.22. The summed E-state index contributed by atoms with van der Waals surface area (Å²) >= 11 is 0. The maximum absolute atomic E-state index is 12.8. The molecule has 0 radical (unpaired) electrons. The zero-order valence-electron chi connectivity index (χ0n) is 17.9. The van der Waals surface area contributed by atoms with Gasteiger partial charge in [0, 0.05) is 38.7 Å². The molecule has 0 atom stereocenters. The molecule has 0 saturated carbocycles. The molecule has 2 amide bonds. The number of likely N-dealkylation sites (tertiary alicyclic amines) is 1. The Labute approximate surface area is 174 Å². The van der Waals surface area contributed by atoms with Gasteiger partial charge in [0.2, 0.25) is 11.8 Å². The fourth-order valence-electron chi connectivity index (χ4n) is 4.16. The van der Waals surface area contributed by atoms with Gasteiger partial charge in [-0.05, 0) is 61.8 Å². The Balaban J connectivity index is 1.52. The number of anilines is 1. The topological polar surface area (TPSA) is 40.6 Å². The highest BCUT2D eigenvalue weighted by atomic mass is 16.2. The highest BCUT2D eigenvalue weighted by molar-refractivity contribution is 5.93. The molecule has 2 aromatic carbocycles. The van der Waals surface area contributed by atoms with E-state index in [-0.39, 0.29) is 11.8 Å².